The zero-order valence-corrected chi connectivity index (χ0v) is 9.72. The second-order valence-corrected chi connectivity index (χ2v) is 4.13. The van der Waals surface area contributed by atoms with Crippen LogP contribution < -0.4 is 9.47 Å². The Labute approximate surface area is 100 Å². The van der Waals surface area contributed by atoms with Gasteiger partial charge in [-0.05, 0) is 31.4 Å². The van der Waals surface area contributed by atoms with Crippen LogP contribution in [-0.4, -0.2) is 24.4 Å². The summed E-state index contributed by atoms with van der Waals surface area (Å²) in [5, 5.41) is 18.5. The van der Waals surface area contributed by atoms with Crippen molar-refractivity contribution in [1.82, 2.24) is 0 Å². The molecule has 0 amide bonds. The Kier molecular flexibility index (Phi) is 3.50. The molecule has 90 valence electrons. The van der Waals surface area contributed by atoms with Crippen LogP contribution in [0.5, 0.6) is 11.5 Å². The highest BCUT2D eigenvalue weighted by molar-refractivity contribution is 5.46. The lowest BCUT2D eigenvalue weighted by molar-refractivity contribution is 0.0586. The third-order valence-electron chi connectivity index (χ3n) is 2.99. The SMILES string of the molecule is COc1cc(C#N)ccc1O[C@H]1CCC[C@@H]1O. The number of hydrogen-bond donors (Lipinski definition) is 1. The molecule has 17 heavy (non-hydrogen) atoms. The van der Waals surface area contributed by atoms with Crippen molar-refractivity contribution in [1.29, 1.82) is 5.26 Å². The smallest absolute Gasteiger partial charge is 0.162 e. The molecule has 2 atom stereocenters. The number of nitrogens with zero attached hydrogens (tertiary/aromatic N) is 1. The molecule has 1 aromatic rings. The Morgan fingerprint density at radius 3 is 2.76 bits per heavy atom. The molecule has 4 heteroatoms. The molecule has 0 radical (unpaired) electrons. The Balaban J connectivity index is 2.18. The summed E-state index contributed by atoms with van der Waals surface area (Å²) in [7, 11) is 1.54. The highest BCUT2D eigenvalue weighted by atomic mass is 16.5. The first kappa shape index (κ1) is 11.7. The summed E-state index contributed by atoms with van der Waals surface area (Å²) in [6.07, 6.45) is 2.03. The maximum absolute atomic E-state index is 9.70. The van der Waals surface area contributed by atoms with Crippen LogP contribution in [-0.2, 0) is 0 Å². The summed E-state index contributed by atoms with van der Waals surface area (Å²) in [6, 6.07) is 7.07. The molecule has 0 aliphatic heterocycles. The lowest BCUT2D eigenvalue weighted by Gasteiger charge is -2.18. The van der Waals surface area contributed by atoms with Crippen molar-refractivity contribution in [3.8, 4) is 17.6 Å². The van der Waals surface area contributed by atoms with E-state index in [1.54, 1.807) is 18.2 Å². The zero-order chi connectivity index (χ0) is 12.3. The zero-order valence-electron chi connectivity index (χ0n) is 9.72. The largest absolute Gasteiger partial charge is 0.493 e. The number of aliphatic hydroxyl groups is 1. The maximum atomic E-state index is 9.70. The van der Waals surface area contributed by atoms with Gasteiger partial charge in [0.1, 0.15) is 6.10 Å². The number of rotatable bonds is 3. The van der Waals surface area contributed by atoms with Crippen LogP contribution in [0.25, 0.3) is 0 Å². The van der Waals surface area contributed by atoms with E-state index in [1.807, 2.05) is 6.07 Å². The van der Waals surface area contributed by atoms with Crippen LogP contribution in [0.1, 0.15) is 24.8 Å². The Morgan fingerprint density at radius 2 is 2.18 bits per heavy atom. The predicted molar refractivity (Wildman–Crippen MR) is 62.0 cm³/mol. The summed E-state index contributed by atoms with van der Waals surface area (Å²) in [4.78, 5) is 0. The van der Waals surface area contributed by atoms with E-state index in [9.17, 15) is 5.11 Å². The van der Waals surface area contributed by atoms with Gasteiger partial charge in [0.15, 0.2) is 11.5 Å². The quantitative estimate of drug-likeness (QED) is 0.865. The van der Waals surface area contributed by atoms with Gasteiger partial charge in [-0.25, -0.2) is 0 Å². The van der Waals surface area contributed by atoms with E-state index >= 15 is 0 Å². The number of aliphatic hydroxyl groups excluding tert-OH is 1. The van der Waals surface area contributed by atoms with E-state index in [-0.39, 0.29) is 6.10 Å². The fraction of sp³-hybridized carbons (Fsp3) is 0.462. The molecular formula is C13H15NO3. The molecule has 4 nitrogen and oxygen atoms in total. The van der Waals surface area contributed by atoms with Crippen LogP contribution in [0.3, 0.4) is 0 Å². The van der Waals surface area contributed by atoms with Crippen LogP contribution in [0.15, 0.2) is 18.2 Å². The van der Waals surface area contributed by atoms with Crippen molar-refractivity contribution < 1.29 is 14.6 Å². The van der Waals surface area contributed by atoms with E-state index in [2.05, 4.69) is 0 Å². The summed E-state index contributed by atoms with van der Waals surface area (Å²) < 4.78 is 10.9. The highest BCUT2D eigenvalue weighted by Crippen LogP contribution is 2.32. The second-order valence-electron chi connectivity index (χ2n) is 4.13. The minimum Gasteiger partial charge on any atom is -0.493 e. The lowest BCUT2D eigenvalue weighted by atomic mass is 10.2. The Hall–Kier alpha value is -1.73. The first-order chi connectivity index (χ1) is 8.24. The van der Waals surface area contributed by atoms with E-state index in [4.69, 9.17) is 14.7 Å². The maximum Gasteiger partial charge on any atom is 0.162 e. The van der Waals surface area contributed by atoms with Gasteiger partial charge in [0.05, 0.1) is 24.8 Å². The fourth-order valence-electron chi connectivity index (χ4n) is 2.04. The van der Waals surface area contributed by atoms with E-state index in [1.165, 1.54) is 7.11 Å². The third kappa shape index (κ3) is 2.51. The summed E-state index contributed by atoms with van der Waals surface area (Å²) in [5.74, 6) is 1.11. The Bertz CT molecular complexity index is 439. The van der Waals surface area contributed by atoms with Crippen molar-refractivity contribution in [2.75, 3.05) is 7.11 Å². The number of ether oxygens (including phenoxy) is 2. The molecule has 1 aromatic carbocycles. The Morgan fingerprint density at radius 1 is 1.35 bits per heavy atom. The average molecular weight is 233 g/mol. The summed E-state index contributed by atoms with van der Waals surface area (Å²) in [5.41, 5.74) is 0.529. The predicted octanol–water partition coefficient (Wildman–Crippen LogP) is 1.86. The van der Waals surface area contributed by atoms with Crippen molar-refractivity contribution in [3.05, 3.63) is 23.8 Å². The van der Waals surface area contributed by atoms with Gasteiger partial charge in [-0.2, -0.15) is 5.26 Å². The first-order valence-electron chi connectivity index (χ1n) is 5.67. The molecule has 0 bridgehead atoms. The molecule has 0 spiro atoms. The van der Waals surface area contributed by atoms with Gasteiger partial charge < -0.3 is 14.6 Å². The topological polar surface area (TPSA) is 62.5 Å². The van der Waals surface area contributed by atoms with Gasteiger partial charge in [0, 0.05) is 6.07 Å². The molecule has 0 heterocycles. The molecule has 1 aliphatic carbocycles. The van der Waals surface area contributed by atoms with Crippen molar-refractivity contribution >= 4 is 0 Å². The summed E-state index contributed by atoms with van der Waals surface area (Å²) in [6.45, 7) is 0. The minimum atomic E-state index is -0.407. The van der Waals surface area contributed by atoms with Gasteiger partial charge in [-0.3, -0.25) is 0 Å². The summed E-state index contributed by atoms with van der Waals surface area (Å²) >= 11 is 0. The molecule has 1 N–H and O–H groups in total. The fourth-order valence-corrected chi connectivity index (χ4v) is 2.04. The van der Waals surface area contributed by atoms with Crippen LogP contribution in [0, 0.1) is 11.3 Å². The first-order valence-corrected chi connectivity index (χ1v) is 5.67. The van der Waals surface area contributed by atoms with Crippen molar-refractivity contribution in [2.24, 2.45) is 0 Å². The van der Waals surface area contributed by atoms with E-state index < -0.39 is 6.10 Å². The van der Waals surface area contributed by atoms with Crippen LogP contribution >= 0.6 is 0 Å². The van der Waals surface area contributed by atoms with E-state index in [0.29, 0.717) is 17.1 Å². The number of hydrogen-bond acceptors (Lipinski definition) is 4. The van der Waals surface area contributed by atoms with Crippen LogP contribution in [0.4, 0.5) is 0 Å². The van der Waals surface area contributed by atoms with Gasteiger partial charge >= 0.3 is 0 Å². The number of methoxy groups -OCH3 is 1. The average Bonchev–Trinajstić information content (AvgIpc) is 2.75. The van der Waals surface area contributed by atoms with Gasteiger partial charge in [0.25, 0.3) is 0 Å². The molecule has 0 saturated heterocycles. The molecule has 0 unspecified atom stereocenters. The number of benzene rings is 1. The molecule has 2 rings (SSSR count). The van der Waals surface area contributed by atoms with Crippen molar-refractivity contribution in [3.63, 3.8) is 0 Å². The second kappa shape index (κ2) is 5.07. The van der Waals surface area contributed by atoms with Crippen LogP contribution in [0.2, 0.25) is 0 Å². The molecule has 1 saturated carbocycles. The molecular weight excluding hydrogens is 218 g/mol. The van der Waals surface area contributed by atoms with Gasteiger partial charge in [0.2, 0.25) is 0 Å². The standard InChI is InChI=1S/C13H15NO3/c1-16-13-7-9(8-14)5-6-12(13)17-11-4-2-3-10(11)15/h5-7,10-11,15H,2-4H2,1H3/t10-,11-/m0/s1. The van der Waals surface area contributed by atoms with Gasteiger partial charge in [-0.15, -0.1) is 0 Å². The normalized spacial score (nSPS) is 23.1. The monoisotopic (exact) mass is 233 g/mol. The minimum absolute atomic E-state index is 0.170. The third-order valence-corrected chi connectivity index (χ3v) is 2.99. The molecule has 1 fully saturated rings. The van der Waals surface area contributed by atoms with Gasteiger partial charge in [-0.1, -0.05) is 0 Å². The molecule has 1 aliphatic rings. The molecule has 0 aromatic heterocycles. The number of nitriles is 1. The van der Waals surface area contributed by atoms with E-state index in [0.717, 1.165) is 19.3 Å². The highest BCUT2D eigenvalue weighted by Gasteiger charge is 2.27. The van der Waals surface area contributed by atoms with Crippen molar-refractivity contribution in [2.45, 2.75) is 31.5 Å². The lowest BCUT2D eigenvalue weighted by Crippen LogP contribution is -2.25.